The Kier molecular flexibility index (Phi) is 6.14. The van der Waals surface area contributed by atoms with Crippen molar-refractivity contribution in [2.75, 3.05) is 17.8 Å². The number of hydrogen-bond donors (Lipinski definition) is 1. The van der Waals surface area contributed by atoms with Crippen LogP contribution in [0.3, 0.4) is 0 Å². The van der Waals surface area contributed by atoms with Crippen molar-refractivity contribution in [2.45, 2.75) is 27.6 Å². The maximum atomic E-state index is 12.8. The molecule has 1 fully saturated rings. The van der Waals surface area contributed by atoms with Crippen LogP contribution in [0.25, 0.3) is 0 Å². The van der Waals surface area contributed by atoms with Gasteiger partial charge < -0.3 is 0 Å². The average molecular weight is 455 g/mol. The molecule has 142 valence electrons. The summed E-state index contributed by atoms with van der Waals surface area (Å²) in [7, 11) is 0. The maximum absolute atomic E-state index is 12.8. The van der Waals surface area contributed by atoms with Crippen molar-refractivity contribution in [2.24, 2.45) is 5.10 Å². The van der Waals surface area contributed by atoms with Crippen LogP contribution in [0.1, 0.15) is 39.2 Å². The minimum Gasteiger partial charge on any atom is -0.266 e. The molecule has 1 aromatic carbocycles. The molecule has 1 amide bonds. The molecule has 1 aliphatic heterocycles. The van der Waals surface area contributed by atoms with E-state index in [1.165, 1.54) is 33.3 Å². The predicted octanol–water partition coefficient (Wildman–Crippen LogP) is 5.86. The van der Waals surface area contributed by atoms with Crippen LogP contribution in [0.2, 0.25) is 5.02 Å². The lowest BCUT2D eigenvalue weighted by molar-refractivity contribution is 0.0958. The van der Waals surface area contributed by atoms with Crippen molar-refractivity contribution in [1.29, 1.82) is 0 Å². The van der Waals surface area contributed by atoms with Crippen molar-refractivity contribution in [3.63, 3.8) is 0 Å². The number of thioether (sulfide) groups is 3. The van der Waals surface area contributed by atoms with Crippen molar-refractivity contribution in [1.82, 2.24) is 5.43 Å². The maximum Gasteiger partial charge on any atom is 0.281 e. The summed E-state index contributed by atoms with van der Waals surface area (Å²) in [6.45, 7) is 0. The van der Waals surface area contributed by atoms with Gasteiger partial charge in [-0.25, -0.2) is 5.43 Å². The molecule has 0 saturated carbocycles. The average Bonchev–Trinajstić information content (AvgIpc) is 3.29. The van der Waals surface area contributed by atoms with E-state index in [-0.39, 0.29) is 9.99 Å². The van der Waals surface area contributed by atoms with Crippen molar-refractivity contribution >= 4 is 70.3 Å². The molecule has 0 atom stereocenters. The number of benzene rings is 1. The lowest BCUT2D eigenvalue weighted by Gasteiger charge is -2.33. The van der Waals surface area contributed by atoms with Crippen LogP contribution < -0.4 is 5.43 Å². The molecule has 8 heteroatoms. The number of thiophene rings is 1. The Labute approximate surface area is 181 Å². The van der Waals surface area contributed by atoms with Gasteiger partial charge in [-0.05, 0) is 48.8 Å². The number of amides is 1. The van der Waals surface area contributed by atoms with Gasteiger partial charge in [0.05, 0.1) is 19.4 Å². The van der Waals surface area contributed by atoms with Gasteiger partial charge in [-0.3, -0.25) is 4.79 Å². The zero-order valence-electron chi connectivity index (χ0n) is 14.8. The van der Waals surface area contributed by atoms with E-state index >= 15 is 0 Å². The highest BCUT2D eigenvalue weighted by atomic mass is 35.5. The molecule has 0 bridgehead atoms. The van der Waals surface area contributed by atoms with Gasteiger partial charge in [0.2, 0.25) is 0 Å². The summed E-state index contributed by atoms with van der Waals surface area (Å²) < 4.78 is 1.45. The summed E-state index contributed by atoms with van der Waals surface area (Å²) in [5.74, 6) is 2.29. The van der Waals surface area contributed by atoms with E-state index < -0.39 is 0 Å². The summed E-state index contributed by atoms with van der Waals surface area (Å²) in [5.41, 5.74) is 6.28. The molecule has 3 nitrogen and oxygen atoms in total. The molecule has 27 heavy (non-hydrogen) atoms. The standard InChI is InChI=1S/C19H19ClN2OS4/c1-24-18-15-14(3-2-8-19(15)25-9-10-26-19)16(27-18)17(23)22-21-11-12-4-6-13(20)7-5-12/h4-7,11H,2-3,8-10H2,1H3,(H,22,23)/b21-11+. The van der Waals surface area contributed by atoms with Crippen LogP contribution in [-0.4, -0.2) is 29.9 Å². The van der Waals surface area contributed by atoms with E-state index in [4.69, 9.17) is 11.6 Å². The van der Waals surface area contributed by atoms with Crippen LogP contribution in [-0.2, 0) is 10.5 Å². The van der Waals surface area contributed by atoms with Crippen LogP contribution >= 0.6 is 58.2 Å². The second-order valence-electron chi connectivity index (χ2n) is 6.33. The monoisotopic (exact) mass is 454 g/mol. The lowest BCUT2D eigenvalue weighted by Crippen LogP contribution is -2.24. The summed E-state index contributed by atoms with van der Waals surface area (Å²) in [5, 5.41) is 4.83. The van der Waals surface area contributed by atoms with E-state index in [0.717, 1.165) is 23.3 Å². The molecule has 1 aromatic heterocycles. The number of nitrogens with one attached hydrogen (secondary N) is 1. The first-order valence-electron chi connectivity index (χ1n) is 8.70. The van der Waals surface area contributed by atoms with Crippen LogP contribution in [0.5, 0.6) is 0 Å². The zero-order chi connectivity index (χ0) is 18.9. The van der Waals surface area contributed by atoms with Gasteiger partial charge in [0.15, 0.2) is 0 Å². The first-order chi connectivity index (χ1) is 13.1. The van der Waals surface area contributed by atoms with Gasteiger partial charge in [0.25, 0.3) is 5.91 Å². The number of rotatable bonds is 4. The highest BCUT2D eigenvalue weighted by Gasteiger charge is 2.45. The van der Waals surface area contributed by atoms with Crippen LogP contribution in [0.15, 0.2) is 33.6 Å². The van der Waals surface area contributed by atoms with Crippen molar-refractivity contribution in [3.05, 3.63) is 50.9 Å². The third kappa shape index (κ3) is 3.94. The third-order valence-corrected chi connectivity index (χ3v) is 10.8. The Morgan fingerprint density at radius 2 is 2.04 bits per heavy atom. The first-order valence-corrected chi connectivity index (χ1v) is 13.1. The van der Waals surface area contributed by atoms with E-state index in [1.807, 2.05) is 24.3 Å². The molecule has 0 radical (unpaired) electrons. The molecule has 2 aliphatic rings. The minimum atomic E-state index is -0.105. The fraction of sp³-hybridized carbons (Fsp3) is 0.368. The first kappa shape index (κ1) is 19.7. The Bertz CT molecular complexity index is 873. The van der Waals surface area contributed by atoms with Gasteiger partial charge in [0.1, 0.15) is 0 Å². The molecule has 1 saturated heterocycles. The Morgan fingerprint density at radius 1 is 1.30 bits per heavy atom. The summed E-state index contributed by atoms with van der Waals surface area (Å²) >= 11 is 13.4. The fourth-order valence-electron chi connectivity index (χ4n) is 3.52. The fourth-order valence-corrected chi connectivity index (χ4v) is 9.52. The van der Waals surface area contributed by atoms with Crippen molar-refractivity contribution < 1.29 is 4.79 Å². The SMILES string of the molecule is CSc1sc(C(=O)N/N=C/c2ccc(Cl)cc2)c2c1C1(CCC2)SCCS1. The lowest BCUT2D eigenvalue weighted by atomic mass is 9.92. The van der Waals surface area contributed by atoms with Gasteiger partial charge in [-0.15, -0.1) is 46.6 Å². The van der Waals surface area contributed by atoms with E-state index in [9.17, 15) is 4.79 Å². The molecular weight excluding hydrogens is 436 g/mol. The topological polar surface area (TPSA) is 41.5 Å². The summed E-state index contributed by atoms with van der Waals surface area (Å²) in [6, 6.07) is 7.35. The smallest absolute Gasteiger partial charge is 0.266 e. The number of carbonyl (C=O) groups is 1. The molecular formula is C19H19ClN2OS4. The number of hydrogen-bond acceptors (Lipinski definition) is 6. The molecule has 1 aliphatic carbocycles. The van der Waals surface area contributed by atoms with Crippen molar-refractivity contribution in [3.8, 4) is 0 Å². The van der Waals surface area contributed by atoms with E-state index in [1.54, 1.807) is 29.3 Å². The molecule has 0 unspecified atom stereocenters. The van der Waals surface area contributed by atoms with Gasteiger partial charge in [-0.2, -0.15) is 5.10 Å². The number of fused-ring (bicyclic) bond motifs is 2. The summed E-state index contributed by atoms with van der Waals surface area (Å²) in [4.78, 5) is 13.7. The van der Waals surface area contributed by atoms with Gasteiger partial charge >= 0.3 is 0 Å². The van der Waals surface area contributed by atoms with E-state index in [2.05, 4.69) is 40.3 Å². The van der Waals surface area contributed by atoms with E-state index in [0.29, 0.717) is 5.02 Å². The van der Waals surface area contributed by atoms with Gasteiger partial charge in [-0.1, -0.05) is 23.7 Å². The second kappa shape index (κ2) is 8.41. The predicted molar refractivity (Wildman–Crippen MR) is 122 cm³/mol. The zero-order valence-corrected chi connectivity index (χ0v) is 18.8. The molecule has 4 rings (SSSR count). The normalized spacial score (nSPS) is 18.1. The molecule has 1 spiro atoms. The largest absolute Gasteiger partial charge is 0.281 e. The second-order valence-corrected chi connectivity index (χ2v) is 11.9. The highest BCUT2D eigenvalue weighted by molar-refractivity contribution is 8.20. The molecule has 1 N–H and O–H groups in total. The van der Waals surface area contributed by atoms with Crippen LogP contribution in [0.4, 0.5) is 0 Å². The Balaban J connectivity index is 1.58. The Morgan fingerprint density at radius 3 is 2.74 bits per heavy atom. The molecule has 2 heterocycles. The number of halogens is 1. The number of nitrogens with zero attached hydrogens (tertiary/aromatic N) is 1. The van der Waals surface area contributed by atoms with Gasteiger partial charge in [0, 0.05) is 22.1 Å². The molecule has 2 aromatic rings. The number of hydrazone groups is 1. The third-order valence-electron chi connectivity index (χ3n) is 4.68. The minimum absolute atomic E-state index is 0.105. The highest BCUT2D eigenvalue weighted by Crippen LogP contribution is 2.61. The van der Waals surface area contributed by atoms with Crippen LogP contribution in [0, 0.1) is 0 Å². The Hall–Kier alpha value is -0.600. The summed E-state index contributed by atoms with van der Waals surface area (Å²) in [6.07, 6.45) is 7.09. The number of carbonyl (C=O) groups excluding carboxylic acids is 1. The quantitative estimate of drug-likeness (QED) is 0.357.